The van der Waals surface area contributed by atoms with Gasteiger partial charge >= 0.3 is 5.97 Å². The van der Waals surface area contributed by atoms with E-state index in [0.717, 1.165) is 0 Å². The highest BCUT2D eigenvalue weighted by molar-refractivity contribution is 7.80. The van der Waals surface area contributed by atoms with Gasteiger partial charge in [0.05, 0.1) is 6.04 Å². The van der Waals surface area contributed by atoms with Gasteiger partial charge in [-0.05, 0) is 38.0 Å². The van der Waals surface area contributed by atoms with Crippen LogP contribution in [0.5, 0.6) is 0 Å². The molecule has 0 aliphatic carbocycles. The van der Waals surface area contributed by atoms with E-state index in [-0.39, 0.29) is 55.9 Å². The van der Waals surface area contributed by atoms with Crippen LogP contribution in [0.15, 0.2) is 9.98 Å². The van der Waals surface area contributed by atoms with Crippen LogP contribution in [0.3, 0.4) is 0 Å². The van der Waals surface area contributed by atoms with E-state index in [1.165, 1.54) is 0 Å². The third kappa shape index (κ3) is 15.4. The van der Waals surface area contributed by atoms with Gasteiger partial charge in [-0.25, -0.2) is 4.79 Å². The minimum atomic E-state index is -1.26. The van der Waals surface area contributed by atoms with Crippen molar-refractivity contribution in [1.82, 2.24) is 16.0 Å². The minimum Gasteiger partial charge on any atom is -0.480 e. The van der Waals surface area contributed by atoms with E-state index in [0.29, 0.717) is 12.8 Å². The van der Waals surface area contributed by atoms with Crippen molar-refractivity contribution in [2.45, 2.75) is 70.1 Å². The SMILES string of the molecule is CC(C)CC(NC(=O)C(N)CS)C(=O)NC(CCCN=C(N)N)C(=O)NC(CCCN=C(N)N)C(=O)O. The lowest BCUT2D eigenvalue weighted by Gasteiger charge is -2.26. The standard InChI is InChI=1S/C21H42N10O5S/c1-11(2)9-15(31-16(32)12(22)10-37)18(34)29-13(5-3-7-27-20(23)24)17(33)30-14(19(35)36)6-4-8-28-21(25)26/h11-15,37H,3-10,22H2,1-2H3,(H,29,34)(H,30,33)(H,31,32)(H,35,36)(H4,23,24,27)(H4,25,26,28). The molecule has 4 unspecified atom stereocenters. The smallest absolute Gasteiger partial charge is 0.326 e. The summed E-state index contributed by atoms with van der Waals surface area (Å²) in [6, 6.07) is -4.24. The number of carbonyl (C=O) groups is 4. The quantitative estimate of drug-likeness (QED) is 0.0358. The lowest BCUT2D eigenvalue weighted by atomic mass is 10.0. The second kappa shape index (κ2) is 18.0. The molecule has 0 saturated carbocycles. The molecule has 37 heavy (non-hydrogen) atoms. The number of thiol groups is 1. The number of nitrogens with zero attached hydrogens (tertiary/aromatic N) is 2. The number of carbonyl (C=O) groups excluding carboxylic acids is 3. The summed E-state index contributed by atoms with van der Waals surface area (Å²) in [5.74, 6) is -3.29. The van der Waals surface area contributed by atoms with Gasteiger partial charge in [0.15, 0.2) is 11.9 Å². The van der Waals surface area contributed by atoms with Crippen LogP contribution in [-0.4, -0.2) is 83.7 Å². The van der Waals surface area contributed by atoms with E-state index < -0.39 is 47.9 Å². The third-order valence-electron chi connectivity index (χ3n) is 5.01. The summed E-state index contributed by atoms with van der Waals surface area (Å²) in [5.41, 5.74) is 26.9. The van der Waals surface area contributed by atoms with Crippen LogP contribution < -0.4 is 44.6 Å². The maximum atomic E-state index is 13.1. The molecule has 0 radical (unpaired) electrons. The number of carboxylic acid groups (broad SMARTS) is 1. The summed E-state index contributed by atoms with van der Waals surface area (Å²) in [4.78, 5) is 57.7. The zero-order valence-corrected chi connectivity index (χ0v) is 22.2. The predicted molar refractivity (Wildman–Crippen MR) is 145 cm³/mol. The summed E-state index contributed by atoms with van der Waals surface area (Å²) in [6.45, 7) is 4.10. The van der Waals surface area contributed by atoms with Crippen molar-refractivity contribution < 1.29 is 24.3 Å². The summed E-state index contributed by atoms with van der Waals surface area (Å²) in [5, 5.41) is 17.2. The minimum absolute atomic E-state index is 0.0269. The van der Waals surface area contributed by atoms with E-state index in [1.807, 2.05) is 13.8 Å². The molecule has 0 fully saturated rings. The summed E-state index contributed by atoms with van der Waals surface area (Å²) in [7, 11) is 0. The molecule has 0 heterocycles. The Balaban J connectivity index is 5.59. The molecular weight excluding hydrogens is 504 g/mol. The van der Waals surface area contributed by atoms with Crippen LogP contribution in [0.4, 0.5) is 0 Å². The van der Waals surface area contributed by atoms with Crippen molar-refractivity contribution in [2.24, 2.45) is 44.6 Å². The van der Waals surface area contributed by atoms with Crippen LogP contribution in [-0.2, 0) is 19.2 Å². The monoisotopic (exact) mass is 546 g/mol. The van der Waals surface area contributed by atoms with E-state index >= 15 is 0 Å². The second-order valence-corrected chi connectivity index (χ2v) is 9.20. The first-order chi connectivity index (χ1) is 17.3. The molecule has 0 aliphatic heterocycles. The largest absolute Gasteiger partial charge is 0.480 e. The van der Waals surface area contributed by atoms with Gasteiger partial charge in [-0.2, -0.15) is 12.6 Å². The number of guanidine groups is 2. The Labute approximate surface area is 222 Å². The highest BCUT2D eigenvalue weighted by Crippen LogP contribution is 2.08. The molecule has 16 heteroatoms. The number of aliphatic imine (C=N–C) groups is 2. The Morgan fingerprint density at radius 1 is 0.784 bits per heavy atom. The molecule has 0 aromatic heterocycles. The first kappa shape index (κ1) is 33.7. The molecular formula is C21H42N10O5S. The fourth-order valence-corrected chi connectivity index (χ4v) is 3.31. The highest BCUT2D eigenvalue weighted by Gasteiger charge is 2.30. The number of hydrogen-bond acceptors (Lipinski definition) is 8. The van der Waals surface area contributed by atoms with Gasteiger partial charge < -0.3 is 49.7 Å². The Hall–Kier alpha value is -3.27. The zero-order valence-electron chi connectivity index (χ0n) is 21.4. The number of aliphatic carboxylic acids is 1. The molecule has 0 aromatic carbocycles. The van der Waals surface area contributed by atoms with Gasteiger partial charge in [-0.3, -0.25) is 24.4 Å². The van der Waals surface area contributed by atoms with Crippen molar-refractivity contribution in [3.8, 4) is 0 Å². The van der Waals surface area contributed by atoms with Crippen molar-refractivity contribution >= 4 is 48.2 Å². The molecule has 4 atom stereocenters. The fraction of sp³-hybridized carbons (Fsp3) is 0.714. The molecule has 0 bridgehead atoms. The van der Waals surface area contributed by atoms with Gasteiger partial charge in [0.1, 0.15) is 18.1 Å². The molecule has 15 nitrogen and oxygen atoms in total. The maximum Gasteiger partial charge on any atom is 0.326 e. The Morgan fingerprint density at radius 3 is 1.65 bits per heavy atom. The molecule has 212 valence electrons. The second-order valence-electron chi connectivity index (χ2n) is 8.84. The summed E-state index contributed by atoms with van der Waals surface area (Å²) in [6.07, 6.45) is 1.05. The number of rotatable bonds is 18. The van der Waals surface area contributed by atoms with Crippen molar-refractivity contribution in [3.05, 3.63) is 0 Å². The van der Waals surface area contributed by atoms with Gasteiger partial charge in [-0.15, -0.1) is 0 Å². The summed E-state index contributed by atoms with van der Waals surface area (Å²) < 4.78 is 0. The first-order valence-electron chi connectivity index (χ1n) is 11.9. The topological polar surface area (TPSA) is 279 Å². The van der Waals surface area contributed by atoms with Gasteiger partial charge in [0.2, 0.25) is 17.7 Å². The predicted octanol–water partition coefficient (Wildman–Crippen LogP) is -3.06. The average molecular weight is 547 g/mol. The third-order valence-corrected chi connectivity index (χ3v) is 5.41. The highest BCUT2D eigenvalue weighted by atomic mass is 32.1. The van der Waals surface area contributed by atoms with Crippen LogP contribution in [0.2, 0.25) is 0 Å². The van der Waals surface area contributed by atoms with Crippen LogP contribution in [0, 0.1) is 5.92 Å². The van der Waals surface area contributed by atoms with Crippen LogP contribution in [0.1, 0.15) is 46.0 Å². The Morgan fingerprint density at radius 2 is 1.22 bits per heavy atom. The molecule has 14 N–H and O–H groups in total. The molecule has 0 aliphatic rings. The van der Waals surface area contributed by atoms with E-state index in [9.17, 15) is 24.3 Å². The van der Waals surface area contributed by atoms with E-state index in [4.69, 9.17) is 28.7 Å². The van der Waals surface area contributed by atoms with E-state index in [2.05, 4.69) is 38.6 Å². The number of nitrogens with one attached hydrogen (secondary N) is 3. The number of amides is 3. The van der Waals surface area contributed by atoms with Gasteiger partial charge in [-0.1, -0.05) is 13.8 Å². The summed E-state index contributed by atoms with van der Waals surface area (Å²) >= 11 is 4.00. The Kier molecular flexibility index (Phi) is 16.5. The zero-order chi connectivity index (χ0) is 28.5. The molecule has 0 saturated heterocycles. The molecule has 0 aromatic rings. The Bertz CT molecular complexity index is 816. The van der Waals surface area contributed by atoms with Crippen LogP contribution >= 0.6 is 12.6 Å². The normalized spacial score (nSPS) is 14.0. The van der Waals surface area contributed by atoms with Crippen molar-refractivity contribution in [1.29, 1.82) is 0 Å². The molecule has 3 amide bonds. The molecule has 0 spiro atoms. The lowest BCUT2D eigenvalue weighted by molar-refractivity contribution is -0.142. The molecule has 0 rings (SSSR count). The number of nitrogens with two attached hydrogens (primary N) is 5. The van der Waals surface area contributed by atoms with E-state index in [1.54, 1.807) is 0 Å². The maximum absolute atomic E-state index is 13.1. The first-order valence-corrected chi connectivity index (χ1v) is 12.5. The van der Waals surface area contributed by atoms with Gasteiger partial charge in [0, 0.05) is 18.8 Å². The van der Waals surface area contributed by atoms with Crippen LogP contribution in [0.25, 0.3) is 0 Å². The average Bonchev–Trinajstić information content (AvgIpc) is 2.80. The number of carboxylic acids is 1. The van der Waals surface area contributed by atoms with Crippen molar-refractivity contribution in [2.75, 3.05) is 18.8 Å². The fourth-order valence-electron chi connectivity index (χ4n) is 3.14. The van der Waals surface area contributed by atoms with Crippen molar-refractivity contribution in [3.63, 3.8) is 0 Å². The lowest BCUT2D eigenvalue weighted by Crippen LogP contribution is -2.57. The number of hydrogen-bond donors (Lipinski definition) is 10. The van der Waals surface area contributed by atoms with Gasteiger partial charge in [0.25, 0.3) is 0 Å².